The molecule has 0 atom stereocenters. The first kappa shape index (κ1) is 27.3. The quantitative estimate of drug-likeness (QED) is 0.320. The van der Waals surface area contributed by atoms with Crippen LogP contribution in [0.15, 0.2) is 56.8 Å². The second kappa shape index (κ2) is 10.9. The summed E-state index contributed by atoms with van der Waals surface area (Å²) >= 11 is 1.41. The fraction of sp³-hybridized carbons (Fsp3) is 0.321. The lowest BCUT2D eigenvalue weighted by atomic mass is 10.1. The number of anilines is 3. The van der Waals surface area contributed by atoms with Gasteiger partial charge in [-0.3, -0.25) is 23.3 Å². The summed E-state index contributed by atoms with van der Waals surface area (Å²) in [5, 5.41) is 3.14. The van der Waals surface area contributed by atoms with Crippen LogP contribution in [-0.4, -0.2) is 20.0 Å². The molecule has 10 heteroatoms. The molecule has 5 rings (SSSR count). The summed E-state index contributed by atoms with van der Waals surface area (Å²) < 4.78 is 21.9. The van der Waals surface area contributed by atoms with Gasteiger partial charge < -0.3 is 10.0 Å². The van der Waals surface area contributed by atoms with Crippen molar-refractivity contribution in [2.45, 2.75) is 46.6 Å². The van der Waals surface area contributed by atoms with Gasteiger partial charge in [0.25, 0.3) is 11.1 Å². The van der Waals surface area contributed by atoms with Gasteiger partial charge in [0.15, 0.2) is 0 Å². The number of rotatable bonds is 6. The standard InChI is InChI=1S/C26H26FN5O3S.C2H6/c1-14-8-11-20(19(27)12-14)28-23-21-22(15(2)24(33)30(23)3)31(18-7-5-6-16(13-18)29-36-4)26(35)32(25(21)34)17-9-10-17;1-2/h5-8,11-13,17,28-29H,9-10H2,1-4H3;1-2H3. The maximum absolute atomic E-state index is 14.8. The highest BCUT2D eigenvalue weighted by atomic mass is 32.2. The average Bonchev–Trinajstić information content (AvgIpc) is 3.73. The maximum atomic E-state index is 14.8. The summed E-state index contributed by atoms with van der Waals surface area (Å²) in [5.74, 6) is -0.377. The lowest BCUT2D eigenvalue weighted by molar-refractivity contribution is 0.630. The van der Waals surface area contributed by atoms with E-state index in [0.717, 1.165) is 24.1 Å². The first-order valence-electron chi connectivity index (χ1n) is 12.6. The van der Waals surface area contributed by atoms with Crippen LogP contribution >= 0.6 is 11.9 Å². The smallest absolute Gasteiger partial charge is 0.336 e. The van der Waals surface area contributed by atoms with Gasteiger partial charge in [0.05, 0.1) is 16.9 Å². The minimum absolute atomic E-state index is 0.127. The largest absolute Gasteiger partial charge is 0.338 e. The summed E-state index contributed by atoms with van der Waals surface area (Å²) in [6, 6.07) is 11.7. The Kier molecular flexibility index (Phi) is 7.82. The predicted molar refractivity (Wildman–Crippen MR) is 155 cm³/mol. The first-order chi connectivity index (χ1) is 18.2. The molecule has 0 aliphatic heterocycles. The molecule has 2 heterocycles. The van der Waals surface area contributed by atoms with Crippen molar-refractivity contribution in [1.29, 1.82) is 0 Å². The molecule has 0 bridgehead atoms. The molecule has 200 valence electrons. The van der Waals surface area contributed by atoms with E-state index in [2.05, 4.69) is 10.0 Å². The van der Waals surface area contributed by atoms with Crippen molar-refractivity contribution in [3.63, 3.8) is 0 Å². The van der Waals surface area contributed by atoms with Gasteiger partial charge in [0, 0.05) is 30.6 Å². The van der Waals surface area contributed by atoms with Gasteiger partial charge in [-0.15, -0.1) is 0 Å². The van der Waals surface area contributed by atoms with E-state index in [1.807, 2.05) is 26.2 Å². The first-order valence-corrected chi connectivity index (χ1v) is 13.8. The fourth-order valence-electron chi connectivity index (χ4n) is 4.53. The van der Waals surface area contributed by atoms with E-state index < -0.39 is 22.6 Å². The Hall–Kier alpha value is -3.79. The molecule has 0 unspecified atom stereocenters. The molecule has 0 saturated heterocycles. The molecule has 8 nitrogen and oxygen atoms in total. The Morgan fingerprint density at radius 1 is 1.00 bits per heavy atom. The van der Waals surface area contributed by atoms with Gasteiger partial charge in [-0.1, -0.05) is 37.9 Å². The number of hydrogen-bond donors (Lipinski definition) is 2. The van der Waals surface area contributed by atoms with E-state index in [1.54, 1.807) is 44.2 Å². The van der Waals surface area contributed by atoms with E-state index >= 15 is 0 Å². The number of aryl methyl sites for hydroxylation is 2. The molecular formula is C28H32FN5O3S. The lowest BCUT2D eigenvalue weighted by Gasteiger charge is -2.21. The van der Waals surface area contributed by atoms with Crippen LogP contribution in [-0.2, 0) is 7.05 Å². The van der Waals surface area contributed by atoms with Crippen LogP contribution in [0.25, 0.3) is 16.6 Å². The number of nitrogens with one attached hydrogen (secondary N) is 2. The van der Waals surface area contributed by atoms with Crippen LogP contribution in [0.4, 0.5) is 21.6 Å². The molecule has 2 aromatic heterocycles. The number of hydrogen-bond acceptors (Lipinski definition) is 6. The average molecular weight is 538 g/mol. The van der Waals surface area contributed by atoms with Gasteiger partial charge in [0.2, 0.25) is 0 Å². The molecule has 0 amide bonds. The minimum Gasteiger partial charge on any atom is -0.338 e. The summed E-state index contributed by atoms with van der Waals surface area (Å²) in [6.07, 6.45) is 3.32. The molecule has 0 radical (unpaired) electrons. The SMILES string of the molecule is CC.CSNc1cccc(-n2c(=O)n(C3CC3)c(=O)c3c(Nc4ccc(C)cc4F)n(C)c(=O)c(C)c32)c1. The highest BCUT2D eigenvalue weighted by molar-refractivity contribution is 7.99. The number of aromatic nitrogens is 3. The third kappa shape index (κ3) is 4.76. The fourth-order valence-corrected chi connectivity index (χ4v) is 4.89. The Morgan fingerprint density at radius 3 is 2.34 bits per heavy atom. The second-order valence-corrected chi connectivity index (χ2v) is 9.66. The molecule has 1 aliphatic carbocycles. The summed E-state index contributed by atoms with van der Waals surface area (Å²) in [5.41, 5.74) is 1.22. The third-order valence-corrected chi connectivity index (χ3v) is 6.90. The highest BCUT2D eigenvalue weighted by Gasteiger charge is 2.31. The molecule has 0 spiro atoms. The van der Waals surface area contributed by atoms with Crippen LogP contribution < -0.4 is 26.8 Å². The molecule has 2 N–H and O–H groups in total. The van der Waals surface area contributed by atoms with Crippen molar-refractivity contribution in [2.75, 3.05) is 16.3 Å². The number of halogens is 1. The monoisotopic (exact) mass is 537 g/mol. The number of nitrogens with zero attached hydrogens (tertiary/aromatic N) is 3. The predicted octanol–water partition coefficient (Wildman–Crippen LogP) is 5.40. The van der Waals surface area contributed by atoms with Crippen LogP contribution in [0.2, 0.25) is 0 Å². The van der Waals surface area contributed by atoms with Gasteiger partial charge in [-0.25, -0.2) is 9.18 Å². The van der Waals surface area contributed by atoms with E-state index in [4.69, 9.17) is 0 Å². The zero-order valence-electron chi connectivity index (χ0n) is 22.4. The van der Waals surface area contributed by atoms with Crippen molar-refractivity contribution < 1.29 is 4.39 Å². The van der Waals surface area contributed by atoms with E-state index in [9.17, 15) is 18.8 Å². The third-order valence-electron chi connectivity index (χ3n) is 6.46. The zero-order chi connectivity index (χ0) is 27.7. The van der Waals surface area contributed by atoms with Crippen molar-refractivity contribution in [2.24, 2.45) is 7.05 Å². The lowest BCUT2D eigenvalue weighted by Crippen LogP contribution is -2.41. The maximum Gasteiger partial charge on any atom is 0.336 e. The van der Waals surface area contributed by atoms with E-state index in [-0.39, 0.29) is 34.0 Å². The van der Waals surface area contributed by atoms with Crippen molar-refractivity contribution >= 4 is 40.0 Å². The van der Waals surface area contributed by atoms with Gasteiger partial charge in [0.1, 0.15) is 17.0 Å². The van der Waals surface area contributed by atoms with Crippen molar-refractivity contribution in [3.8, 4) is 5.69 Å². The topological polar surface area (TPSA) is 90.1 Å². The second-order valence-electron chi connectivity index (χ2n) is 9.05. The Labute approximate surface area is 224 Å². The number of fused-ring (bicyclic) bond motifs is 1. The van der Waals surface area contributed by atoms with Crippen molar-refractivity contribution in [3.05, 3.63) is 90.6 Å². The summed E-state index contributed by atoms with van der Waals surface area (Å²) in [7, 11) is 1.53. The minimum atomic E-state index is -0.511. The molecule has 1 aliphatic rings. The van der Waals surface area contributed by atoms with Crippen molar-refractivity contribution in [1.82, 2.24) is 13.7 Å². The van der Waals surface area contributed by atoms with Crippen LogP contribution in [0.1, 0.15) is 43.9 Å². The van der Waals surface area contributed by atoms with Crippen LogP contribution in [0.5, 0.6) is 0 Å². The zero-order valence-corrected chi connectivity index (χ0v) is 23.2. The summed E-state index contributed by atoms with van der Waals surface area (Å²) in [4.78, 5) is 40.9. The van der Waals surface area contributed by atoms with Crippen LogP contribution in [0, 0.1) is 19.7 Å². The number of benzene rings is 2. The molecule has 2 aromatic carbocycles. The molecule has 1 saturated carbocycles. The van der Waals surface area contributed by atoms with E-state index in [1.165, 1.54) is 38.8 Å². The molecular weight excluding hydrogens is 505 g/mol. The number of pyridine rings is 1. The summed E-state index contributed by atoms with van der Waals surface area (Å²) in [6.45, 7) is 7.37. The molecule has 38 heavy (non-hydrogen) atoms. The molecule has 1 fully saturated rings. The van der Waals surface area contributed by atoms with Gasteiger partial charge in [-0.05, 0) is 62.6 Å². The Balaban J connectivity index is 0.00000164. The van der Waals surface area contributed by atoms with E-state index in [0.29, 0.717) is 5.69 Å². The Bertz CT molecular complexity index is 1700. The highest BCUT2D eigenvalue weighted by Crippen LogP contribution is 2.34. The molecule has 4 aromatic rings. The van der Waals surface area contributed by atoms with Crippen LogP contribution in [0.3, 0.4) is 0 Å². The van der Waals surface area contributed by atoms with Gasteiger partial charge in [-0.2, -0.15) is 0 Å². The van der Waals surface area contributed by atoms with Gasteiger partial charge >= 0.3 is 5.69 Å². The Morgan fingerprint density at radius 2 is 1.71 bits per heavy atom. The normalized spacial score (nSPS) is 12.7.